The van der Waals surface area contributed by atoms with Crippen LogP contribution >= 0.6 is 0 Å². The molecule has 2 N–H and O–H groups in total. The lowest BCUT2D eigenvalue weighted by atomic mass is 10.1. The van der Waals surface area contributed by atoms with E-state index < -0.39 is 0 Å². The molecule has 0 radical (unpaired) electrons. The van der Waals surface area contributed by atoms with Crippen LogP contribution in [0.25, 0.3) is 0 Å². The van der Waals surface area contributed by atoms with E-state index in [0.717, 1.165) is 31.7 Å². The average Bonchev–Trinajstić information content (AvgIpc) is 2.39. The summed E-state index contributed by atoms with van der Waals surface area (Å²) < 4.78 is 0. The molecular weight excluding hydrogens is 210 g/mol. The van der Waals surface area contributed by atoms with Crippen molar-refractivity contribution in [2.45, 2.75) is 20.3 Å². The van der Waals surface area contributed by atoms with E-state index in [-0.39, 0.29) is 0 Å². The predicted octanol–water partition coefficient (Wildman–Crippen LogP) is 1.97. The molecule has 1 aliphatic rings. The number of hydrogen-bond donors (Lipinski definition) is 1. The fourth-order valence-corrected chi connectivity index (χ4v) is 2.42. The van der Waals surface area contributed by atoms with Crippen LogP contribution in [0, 0.1) is 0 Å². The zero-order valence-electron chi connectivity index (χ0n) is 10.9. The third kappa shape index (κ3) is 2.72. The van der Waals surface area contributed by atoms with Gasteiger partial charge in [0.2, 0.25) is 0 Å². The molecule has 94 valence electrons. The van der Waals surface area contributed by atoms with Crippen molar-refractivity contribution in [3.63, 3.8) is 0 Å². The molecule has 1 aliphatic heterocycles. The minimum Gasteiger partial charge on any atom is -0.399 e. The van der Waals surface area contributed by atoms with Crippen molar-refractivity contribution in [2.75, 3.05) is 43.4 Å². The molecule has 0 spiro atoms. The van der Waals surface area contributed by atoms with E-state index in [9.17, 15) is 0 Å². The number of benzene rings is 1. The molecule has 2 rings (SSSR count). The van der Waals surface area contributed by atoms with Crippen LogP contribution in [0.1, 0.15) is 19.4 Å². The van der Waals surface area contributed by atoms with Crippen LogP contribution in [0.15, 0.2) is 18.2 Å². The first-order valence-electron chi connectivity index (χ1n) is 6.60. The van der Waals surface area contributed by atoms with Crippen LogP contribution in [-0.2, 0) is 6.42 Å². The van der Waals surface area contributed by atoms with Crippen molar-refractivity contribution in [3.8, 4) is 0 Å². The van der Waals surface area contributed by atoms with Crippen LogP contribution in [0.4, 0.5) is 11.4 Å². The maximum atomic E-state index is 5.95. The van der Waals surface area contributed by atoms with E-state index in [1.165, 1.54) is 24.3 Å². The van der Waals surface area contributed by atoms with Crippen molar-refractivity contribution in [2.24, 2.45) is 0 Å². The summed E-state index contributed by atoms with van der Waals surface area (Å²) in [7, 11) is 0. The van der Waals surface area contributed by atoms with Gasteiger partial charge in [-0.3, -0.25) is 0 Å². The van der Waals surface area contributed by atoms with Gasteiger partial charge in [0.05, 0.1) is 0 Å². The van der Waals surface area contributed by atoms with Crippen LogP contribution < -0.4 is 10.6 Å². The minimum atomic E-state index is 0.920. The second kappa shape index (κ2) is 5.41. The summed E-state index contributed by atoms with van der Waals surface area (Å²) in [6.45, 7) is 10.1. The quantitative estimate of drug-likeness (QED) is 0.810. The van der Waals surface area contributed by atoms with Gasteiger partial charge in [-0.15, -0.1) is 0 Å². The van der Waals surface area contributed by atoms with Crippen molar-refractivity contribution in [3.05, 3.63) is 23.8 Å². The van der Waals surface area contributed by atoms with Crippen LogP contribution in [0.5, 0.6) is 0 Å². The number of likely N-dealkylation sites (N-methyl/N-ethyl adjacent to an activating group) is 1. The van der Waals surface area contributed by atoms with E-state index in [2.05, 4.69) is 35.8 Å². The SMILES string of the molecule is CCc1cc(N2CCN(CC)CC2)ccc1N. The fourth-order valence-electron chi connectivity index (χ4n) is 2.42. The Bertz CT molecular complexity index is 368. The number of nitrogen functional groups attached to an aromatic ring is 1. The molecule has 1 fully saturated rings. The maximum absolute atomic E-state index is 5.95. The highest BCUT2D eigenvalue weighted by Gasteiger charge is 2.16. The van der Waals surface area contributed by atoms with E-state index >= 15 is 0 Å². The smallest absolute Gasteiger partial charge is 0.0371 e. The van der Waals surface area contributed by atoms with Crippen LogP contribution in [0.2, 0.25) is 0 Å². The summed E-state index contributed by atoms with van der Waals surface area (Å²) in [5.74, 6) is 0. The number of anilines is 2. The first-order valence-corrected chi connectivity index (χ1v) is 6.60. The Morgan fingerprint density at radius 2 is 1.82 bits per heavy atom. The topological polar surface area (TPSA) is 32.5 Å². The van der Waals surface area contributed by atoms with Crippen LogP contribution in [0.3, 0.4) is 0 Å². The highest BCUT2D eigenvalue weighted by Crippen LogP contribution is 2.22. The Hall–Kier alpha value is -1.22. The molecule has 3 heteroatoms. The molecule has 1 aromatic carbocycles. The standard InChI is InChI=1S/C14H23N3/c1-3-12-11-13(5-6-14(12)15)17-9-7-16(4-2)8-10-17/h5-6,11H,3-4,7-10,15H2,1-2H3. The number of aryl methyl sites for hydroxylation is 1. The van der Waals surface area contributed by atoms with Gasteiger partial charge < -0.3 is 15.5 Å². The number of nitrogens with zero attached hydrogens (tertiary/aromatic N) is 2. The van der Waals surface area contributed by atoms with Gasteiger partial charge in [-0.25, -0.2) is 0 Å². The van der Waals surface area contributed by atoms with Gasteiger partial charge in [-0.2, -0.15) is 0 Å². The molecule has 0 aromatic heterocycles. The van der Waals surface area contributed by atoms with Crippen molar-refractivity contribution in [1.29, 1.82) is 0 Å². The second-order valence-corrected chi connectivity index (χ2v) is 4.66. The normalized spacial score (nSPS) is 17.4. The van der Waals surface area contributed by atoms with E-state index in [1.54, 1.807) is 0 Å². The largest absolute Gasteiger partial charge is 0.399 e. The Kier molecular flexibility index (Phi) is 3.89. The first kappa shape index (κ1) is 12.2. The lowest BCUT2D eigenvalue weighted by Crippen LogP contribution is -2.46. The van der Waals surface area contributed by atoms with E-state index in [0.29, 0.717) is 0 Å². The molecule has 0 atom stereocenters. The Balaban J connectivity index is 2.08. The number of piperazine rings is 1. The molecule has 0 amide bonds. The Morgan fingerprint density at radius 1 is 1.12 bits per heavy atom. The molecule has 0 aliphatic carbocycles. The highest BCUT2D eigenvalue weighted by atomic mass is 15.3. The van der Waals surface area contributed by atoms with Gasteiger partial charge in [-0.05, 0) is 36.7 Å². The monoisotopic (exact) mass is 233 g/mol. The molecule has 1 saturated heterocycles. The van der Waals surface area contributed by atoms with Gasteiger partial charge in [-0.1, -0.05) is 13.8 Å². The summed E-state index contributed by atoms with van der Waals surface area (Å²) in [6.07, 6.45) is 1.01. The molecule has 3 nitrogen and oxygen atoms in total. The zero-order valence-corrected chi connectivity index (χ0v) is 10.9. The predicted molar refractivity (Wildman–Crippen MR) is 74.6 cm³/mol. The molecule has 1 aromatic rings. The summed E-state index contributed by atoms with van der Waals surface area (Å²) in [5, 5.41) is 0. The van der Waals surface area contributed by atoms with Crippen molar-refractivity contribution < 1.29 is 0 Å². The molecule has 0 saturated carbocycles. The van der Waals surface area contributed by atoms with Gasteiger partial charge in [0.1, 0.15) is 0 Å². The zero-order chi connectivity index (χ0) is 12.3. The maximum Gasteiger partial charge on any atom is 0.0371 e. The van der Waals surface area contributed by atoms with Crippen LogP contribution in [-0.4, -0.2) is 37.6 Å². The van der Waals surface area contributed by atoms with Gasteiger partial charge in [0, 0.05) is 37.6 Å². The molecule has 1 heterocycles. The summed E-state index contributed by atoms with van der Waals surface area (Å²) in [4.78, 5) is 4.96. The first-order chi connectivity index (χ1) is 8.24. The molecule has 17 heavy (non-hydrogen) atoms. The lowest BCUT2D eigenvalue weighted by Gasteiger charge is -2.35. The minimum absolute atomic E-state index is 0.920. The van der Waals surface area contributed by atoms with Crippen molar-refractivity contribution in [1.82, 2.24) is 4.90 Å². The third-order valence-electron chi connectivity index (χ3n) is 3.69. The van der Waals surface area contributed by atoms with E-state index in [1.807, 2.05) is 6.07 Å². The van der Waals surface area contributed by atoms with Crippen molar-refractivity contribution >= 4 is 11.4 Å². The summed E-state index contributed by atoms with van der Waals surface area (Å²) in [6, 6.07) is 6.44. The molecule has 0 unspecified atom stereocenters. The lowest BCUT2D eigenvalue weighted by molar-refractivity contribution is 0.271. The third-order valence-corrected chi connectivity index (χ3v) is 3.69. The van der Waals surface area contributed by atoms with Gasteiger partial charge >= 0.3 is 0 Å². The van der Waals surface area contributed by atoms with E-state index in [4.69, 9.17) is 5.73 Å². The Labute approximate surface area is 104 Å². The summed E-state index contributed by atoms with van der Waals surface area (Å²) >= 11 is 0. The Morgan fingerprint density at radius 3 is 2.41 bits per heavy atom. The number of hydrogen-bond acceptors (Lipinski definition) is 3. The molecule has 0 bridgehead atoms. The van der Waals surface area contributed by atoms with Gasteiger partial charge in [0.25, 0.3) is 0 Å². The highest BCUT2D eigenvalue weighted by molar-refractivity contribution is 5.58. The number of nitrogens with two attached hydrogens (primary N) is 1. The average molecular weight is 233 g/mol. The molecular formula is C14H23N3. The number of rotatable bonds is 3. The summed E-state index contributed by atoms with van der Waals surface area (Å²) in [5.41, 5.74) is 9.46. The fraction of sp³-hybridized carbons (Fsp3) is 0.571. The second-order valence-electron chi connectivity index (χ2n) is 4.66. The van der Waals surface area contributed by atoms with Gasteiger partial charge in [0.15, 0.2) is 0 Å².